The first-order valence-electron chi connectivity index (χ1n) is 15.1. The molecule has 0 radical (unpaired) electrons. The summed E-state index contributed by atoms with van der Waals surface area (Å²) in [4.78, 5) is 2.75. The van der Waals surface area contributed by atoms with Crippen LogP contribution in [0.4, 0.5) is 16.4 Å². The molecule has 1 atom stereocenters. The van der Waals surface area contributed by atoms with Gasteiger partial charge in [-0.15, -0.1) is 11.3 Å². The molecule has 14 heteroatoms. The third-order valence-corrected chi connectivity index (χ3v) is 9.17. The maximum Gasteiger partial charge on any atom is 0.265 e. The Labute approximate surface area is 272 Å². The number of hydrazine groups is 1. The number of hydrogen-bond donors (Lipinski definition) is 3. The van der Waals surface area contributed by atoms with Crippen molar-refractivity contribution in [2.24, 2.45) is 0 Å². The second kappa shape index (κ2) is 18.3. The minimum atomic E-state index is -3.94. The molecule has 1 aromatic heterocycles. The normalized spacial score (nSPS) is 12.5. The number of hydrogen-bond acceptors (Lipinski definition) is 11. The summed E-state index contributed by atoms with van der Waals surface area (Å²) >= 11 is 1.25. The Morgan fingerprint density at radius 3 is 2.40 bits per heavy atom. The van der Waals surface area contributed by atoms with Crippen molar-refractivity contribution >= 4 is 37.8 Å². The second-order valence-corrected chi connectivity index (χ2v) is 14.4. The molecule has 0 spiro atoms. The fourth-order valence-corrected chi connectivity index (χ4v) is 5.94. The van der Waals surface area contributed by atoms with E-state index in [2.05, 4.69) is 40.9 Å². The highest BCUT2D eigenvalue weighted by Crippen LogP contribution is 2.32. The zero-order chi connectivity index (χ0) is 33.6. The zero-order valence-corrected chi connectivity index (χ0v) is 29.2. The van der Waals surface area contributed by atoms with Crippen LogP contribution in [0.15, 0.2) is 18.2 Å². The molecule has 0 saturated carbocycles. The lowest BCUT2D eigenvalue weighted by Gasteiger charge is -2.30. The molecule has 0 aliphatic heterocycles. The van der Waals surface area contributed by atoms with Crippen LogP contribution < -0.4 is 15.8 Å². The fraction of sp³-hybridized carbons (Fsp3) is 0.613. The summed E-state index contributed by atoms with van der Waals surface area (Å²) in [5.41, 5.74) is 10.3. The van der Waals surface area contributed by atoms with Crippen molar-refractivity contribution in [1.29, 1.82) is 10.5 Å². The van der Waals surface area contributed by atoms with Crippen molar-refractivity contribution in [3.8, 4) is 12.1 Å². The first-order chi connectivity index (χ1) is 21.2. The summed E-state index contributed by atoms with van der Waals surface area (Å²) in [6, 6.07) is 10.4. The molecule has 0 amide bonds. The minimum absolute atomic E-state index is 0.0706. The van der Waals surface area contributed by atoms with Crippen LogP contribution in [0.1, 0.15) is 48.8 Å². The summed E-state index contributed by atoms with van der Waals surface area (Å²) < 4.78 is 49.4. The van der Waals surface area contributed by atoms with E-state index in [1.807, 2.05) is 47.0 Å². The van der Waals surface area contributed by atoms with Crippen molar-refractivity contribution in [3.05, 3.63) is 39.8 Å². The molecule has 12 nitrogen and oxygen atoms in total. The van der Waals surface area contributed by atoms with Gasteiger partial charge in [-0.25, -0.2) is 0 Å². The van der Waals surface area contributed by atoms with Crippen molar-refractivity contribution in [2.75, 3.05) is 88.2 Å². The lowest BCUT2D eigenvalue weighted by atomic mass is 10.1. The average Bonchev–Trinajstić information content (AvgIpc) is 3.28. The third-order valence-electron chi connectivity index (χ3n) is 7.26. The van der Waals surface area contributed by atoms with E-state index in [1.54, 1.807) is 6.92 Å². The molecule has 2 aromatic rings. The van der Waals surface area contributed by atoms with Crippen molar-refractivity contribution in [2.45, 2.75) is 53.2 Å². The predicted molar refractivity (Wildman–Crippen MR) is 179 cm³/mol. The van der Waals surface area contributed by atoms with Crippen LogP contribution in [0.2, 0.25) is 0 Å². The highest BCUT2D eigenvalue weighted by molar-refractivity contribution is 7.85. The number of benzene rings is 1. The molecule has 0 fully saturated rings. The van der Waals surface area contributed by atoms with Crippen LogP contribution >= 0.6 is 11.3 Å². The molecule has 3 N–H and O–H groups in total. The number of thiophene rings is 1. The van der Waals surface area contributed by atoms with Gasteiger partial charge in [0.15, 0.2) is 0 Å². The second-order valence-electron chi connectivity index (χ2n) is 11.8. The molecule has 250 valence electrons. The molecular weight excluding hydrogens is 617 g/mol. The van der Waals surface area contributed by atoms with Gasteiger partial charge >= 0.3 is 0 Å². The van der Waals surface area contributed by atoms with E-state index in [4.69, 9.17) is 18.8 Å². The Balaban J connectivity index is 1.93. The van der Waals surface area contributed by atoms with Gasteiger partial charge in [0.05, 0.1) is 76.3 Å². The SMILES string of the molecule is CCN(CC(COC(C)C)OCCOCC[N+](C)(C)CCCS(=O)(=O)O)c1ccc(NNc2sc(C#N)c(C)c2C#N)c(C)c1. The Hall–Kier alpha value is -2.95. The molecule has 45 heavy (non-hydrogen) atoms. The molecular formula is C31H49N6O6S2+. The summed E-state index contributed by atoms with van der Waals surface area (Å²) in [6.07, 6.45) is 0.281. The van der Waals surface area contributed by atoms with E-state index in [-0.39, 0.29) is 18.0 Å². The number of rotatable bonds is 21. The number of nitriles is 2. The fourth-order valence-electron chi connectivity index (χ4n) is 4.54. The molecule has 1 aromatic carbocycles. The first-order valence-corrected chi connectivity index (χ1v) is 17.5. The largest absolute Gasteiger partial charge is 0.376 e. The van der Waals surface area contributed by atoms with Crippen molar-refractivity contribution in [3.63, 3.8) is 0 Å². The summed E-state index contributed by atoms with van der Waals surface area (Å²) in [7, 11) is 0.0678. The Morgan fingerprint density at radius 1 is 1.07 bits per heavy atom. The number of nitrogens with one attached hydrogen (secondary N) is 2. The van der Waals surface area contributed by atoms with Crippen LogP contribution in [0.3, 0.4) is 0 Å². The standard InChI is InChI=1S/C31H48N6O6S2/c1-8-36(26-10-11-29(24(4)18-26)34-35-31-28(19-32)25(5)30(20-33)44-31)21-27(22-43-23(2)3)42-16-15-41-14-13-37(6,7)12-9-17-45(38,39)40/h10-11,18,23,27,34-35H,8-9,12-17,21-22H2,1-7H3/p+1. The maximum absolute atomic E-state index is 11.0. The van der Waals surface area contributed by atoms with Crippen LogP contribution in [0, 0.1) is 36.5 Å². The van der Waals surface area contributed by atoms with Crippen LogP contribution in [-0.4, -0.2) is 102 Å². The lowest BCUT2D eigenvalue weighted by molar-refractivity contribution is -0.890. The summed E-state index contributed by atoms with van der Waals surface area (Å²) in [5.74, 6) is -0.236. The number of likely N-dealkylation sites (N-methyl/N-ethyl adjacent to an activating group) is 2. The smallest absolute Gasteiger partial charge is 0.265 e. The van der Waals surface area contributed by atoms with Gasteiger partial charge in [-0.2, -0.15) is 18.9 Å². The van der Waals surface area contributed by atoms with Gasteiger partial charge < -0.3 is 23.6 Å². The zero-order valence-electron chi connectivity index (χ0n) is 27.6. The number of aryl methyl sites for hydroxylation is 1. The van der Waals surface area contributed by atoms with Gasteiger partial charge in [0.1, 0.15) is 28.6 Å². The third kappa shape index (κ3) is 13.5. The van der Waals surface area contributed by atoms with Gasteiger partial charge in [0, 0.05) is 25.2 Å². The summed E-state index contributed by atoms with van der Waals surface area (Å²) in [6.45, 7) is 14.4. The van der Waals surface area contributed by atoms with Crippen molar-refractivity contribution in [1.82, 2.24) is 0 Å². The average molecular weight is 666 g/mol. The van der Waals surface area contributed by atoms with Crippen molar-refractivity contribution < 1.29 is 31.7 Å². The van der Waals surface area contributed by atoms with Gasteiger partial charge in [-0.3, -0.25) is 15.4 Å². The van der Waals surface area contributed by atoms with E-state index in [1.165, 1.54) is 11.3 Å². The molecule has 0 aliphatic rings. The Kier molecular flexibility index (Phi) is 15.5. The van der Waals surface area contributed by atoms with Crippen LogP contribution in [0.5, 0.6) is 0 Å². The topological polar surface area (TPSA) is 157 Å². The molecule has 0 bridgehead atoms. The Morgan fingerprint density at radius 2 is 1.80 bits per heavy atom. The number of nitrogens with zero attached hydrogens (tertiary/aromatic N) is 4. The van der Waals surface area contributed by atoms with Crippen LogP contribution in [0.25, 0.3) is 0 Å². The van der Waals surface area contributed by atoms with Gasteiger partial charge in [0.2, 0.25) is 0 Å². The summed E-state index contributed by atoms with van der Waals surface area (Å²) in [5, 5.41) is 19.4. The van der Waals surface area contributed by atoms with E-state index in [9.17, 15) is 18.9 Å². The minimum Gasteiger partial charge on any atom is -0.376 e. The Bertz CT molecular complexity index is 1410. The van der Waals surface area contributed by atoms with E-state index in [0.717, 1.165) is 23.5 Å². The number of quaternary nitrogens is 1. The lowest BCUT2D eigenvalue weighted by Crippen LogP contribution is -2.43. The van der Waals surface area contributed by atoms with Gasteiger partial charge in [-0.1, -0.05) is 0 Å². The first kappa shape index (κ1) is 38.2. The number of anilines is 3. The molecule has 1 heterocycles. The van der Waals surface area contributed by atoms with E-state index < -0.39 is 10.1 Å². The quantitative estimate of drug-likeness (QED) is 0.0744. The highest BCUT2D eigenvalue weighted by atomic mass is 32.2. The maximum atomic E-state index is 11.0. The van der Waals surface area contributed by atoms with Gasteiger partial charge in [-0.05, 0) is 63.9 Å². The van der Waals surface area contributed by atoms with Gasteiger partial charge in [0.25, 0.3) is 10.1 Å². The van der Waals surface area contributed by atoms with E-state index in [0.29, 0.717) is 78.0 Å². The monoisotopic (exact) mass is 665 g/mol. The highest BCUT2D eigenvalue weighted by Gasteiger charge is 2.19. The number of ether oxygens (including phenoxy) is 3. The predicted octanol–water partition coefficient (Wildman–Crippen LogP) is 4.55. The molecule has 1 unspecified atom stereocenters. The van der Waals surface area contributed by atoms with E-state index >= 15 is 0 Å². The van der Waals surface area contributed by atoms with Crippen LogP contribution in [-0.2, 0) is 24.3 Å². The molecule has 0 saturated heterocycles. The molecule has 0 aliphatic carbocycles. The molecule has 2 rings (SSSR count).